The van der Waals surface area contributed by atoms with Crippen LogP contribution in [0.2, 0.25) is 0 Å². The number of aliphatic hydroxyl groups is 1. The molecule has 5 N–H and O–H groups in total. The van der Waals surface area contributed by atoms with Crippen LogP contribution in [0.15, 0.2) is 83.5 Å². The van der Waals surface area contributed by atoms with Gasteiger partial charge in [-0.15, -0.1) is 10.2 Å². The van der Waals surface area contributed by atoms with Crippen LogP contribution in [0.1, 0.15) is 120 Å². The number of nitriles is 1. The van der Waals surface area contributed by atoms with Crippen LogP contribution in [-0.2, 0) is 14.3 Å². The summed E-state index contributed by atoms with van der Waals surface area (Å²) < 4.78 is 18.0. The molecule has 6 fully saturated rings. The van der Waals surface area contributed by atoms with E-state index in [9.17, 15) is 19.8 Å². The molecule has 19 heteroatoms. The van der Waals surface area contributed by atoms with E-state index < -0.39 is 12.0 Å². The molecule has 78 heavy (non-hydrogen) atoms. The second kappa shape index (κ2) is 24.8. The first-order valence-corrected chi connectivity index (χ1v) is 28.3. The fourth-order valence-electron chi connectivity index (χ4n) is 12.0. The van der Waals surface area contributed by atoms with Crippen molar-refractivity contribution in [3.8, 4) is 29.0 Å². The number of para-hydroxylation sites is 1. The zero-order valence-electron chi connectivity index (χ0n) is 45.3. The van der Waals surface area contributed by atoms with E-state index >= 15 is 0 Å². The summed E-state index contributed by atoms with van der Waals surface area (Å²) >= 11 is 0. The van der Waals surface area contributed by atoms with Crippen LogP contribution in [0.3, 0.4) is 0 Å². The minimum Gasteiger partial charge on any atom is -0.507 e. The van der Waals surface area contributed by atoms with Crippen molar-refractivity contribution in [3.05, 3.63) is 95.9 Å². The largest absolute Gasteiger partial charge is 0.507 e. The summed E-state index contributed by atoms with van der Waals surface area (Å²) in [6, 6.07) is 24.4. The molecule has 5 aromatic rings. The van der Waals surface area contributed by atoms with Crippen LogP contribution >= 0.6 is 0 Å². The Morgan fingerprint density at radius 3 is 2.28 bits per heavy atom. The van der Waals surface area contributed by atoms with Gasteiger partial charge in [-0.1, -0.05) is 43.3 Å². The number of aromatic hydroxyl groups is 1. The van der Waals surface area contributed by atoms with Gasteiger partial charge >= 0.3 is 0 Å². The topological polar surface area (TPSA) is 236 Å². The predicted molar refractivity (Wildman–Crippen MR) is 297 cm³/mol. The zero-order chi connectivity index (χ0) is 54.3. The highest BCUT2D eigenvalue weighted by molar-refractivity contribution is 5.91. The number of benzene rings is 2. The molecule has 2 bridgehead atoms. The highest BCUT2D eigenvalue weighted by atomic mass is 16.5. The summed E-state index contributed by atoms with van der Waals surface area (Å²) in [5.41, 5.74) is 11.1. The van der Waals surface area contributed by atoms with Gasteiger partial charge in [-0.2, -0.15) is 5.26 Å². The lowest BCUT2D eigenvalue weighted by Gasteiger charge is -2.43. The maximum atomic E-state index is 14.0. The van der Waals surface area contributed by atoms with Crippen LogP contribution in [0, 0.1) is 17.2 Å². The second-order valence-corrected chi connectivity index (χ2v) is 22.3. The number of nitrogens with two attached hydrogens (primary N) is 1. The number of carbonyl (C=O) groups is 2. The Kier molecular flexibility index (Phi) is 17.3. The lowest BCUT2D eigenvalue weighted by molar-refractivity contribution is -0.141. The molecular weight excluding hydrogens is 989 g/mol. The molecule has 0 spiro atoms. The molecule has 6 aliphatic rings. The number of fused-ring (bicyclic) bond motifs is 2. The fourth-order valence-corrected chi connectivity index (χ4v) is 12.0. The first-order valence-electron chi connectivity index (χ1n) is 28.3. The van der Waals surface area contributed by atoms with Gasteiger partial charge in [-0.3, -0.25) is 9.59 Å². The minimum absolute atomic E-state index is 0.0394. The Balaban J connectivity index is 0.000000184. The number of aliphatic hydroxyl groups excluding tert-OH is 1. The summed E-state index contributed by atoms with van der Waals surface area (Å²) in [7, 11) is 0. The SMILES string of the molecule is CC(NC(=O)C1CCCN1C(=O)C(c1cc(N2CCC(OCCN3CCC(O)CC3)CC2)no1)C(C)C)c1ccc(C#N)cc1.Nc1nnc(-c2ccccc2O)cc1N1CC2CCC(C1)N2c1ccnc(OC2CCC2)c1. The van der Waals surface area contributed by atoms with Crippen molar-refractivity contribution in [2.45, 2.75) is 140 Å². The van der Waals surface area contributed by atoms with E-state index in [1.807, 2.05) is 63.4 Å². The Hall–Kier alpha value is -7.01. The molecular formula is C59H76N12O7. The van der Waals surface area contributed by atoms with Crippen LogP contribution < -0.4 is 30.5 Å². The minimum atomic E-state index is -0.539. The quantitative estimate of drug-likeness (QED) is 0.0764. The molecule has 5 atom stereocenters. The van der Waals surface area contributed by atoms with Crippen molar-refractivity contribution >= 4 is 34.8 Å². The first-order chi connectivity index (χ1) is 37.9. The number of pyridine rings is 1. The maximum Gasteiger partial charge on any atom is 0.243 e. The van der Waals surface area contributed by atoms with Crippen molar-refractivity contribution in [2.75, 3.05) is 79.4 Å². The Labute approximate surface area is 457 Å². The number of hydrogen-bond donors (Lipinski definition) is 4. The number of ether oxygens (including phenoxy) is 2. The van der Waals surface area contributed by atoms with Gasteiger partial charge in [-0.05, 0) is 125 Å². The van der Waals surface area contributed by atoms with Gasteiger partial charge in [0, 0.05) is 94.0 Å². The van der Waals surface area contributed by atoms with E-state index in [2.05, 4.69) is 63.5 Å². The average molecular weight is 1070 g/mol. The maximum absolute atomic E-state index is 14.0. The number of piperidine rings is 2. The van der Waals surface area contributed by atoms with E-state index in [0.29, 0.717) is 66.2 Å². The standard InChI is InChI=1S/C34H48N6O5.C25H28N6O2/c1-23(2)32(34(43)40-14-4-5-29(40)33(42)36-24(3)26-8-6-25(22-35)7-9-26)30-21-31(37-45-30)39-17-12-28(13-18-39)44-20-19-38-15-10-27(41)11-16-38;26-25-22(13-21(28-29-25)20-6-1-2-7-23(20)32)30-14-17-8-9-18(15-30)31(17)16-10-11-27-24(12-16)33-19-4-3-5-19/h6-9,21,23-24,27-29,32,41H,4-5,10-20H2,1-3H3,(H,36,42);1-2,6-7,10-13,17-19,32H,3-5,8-9,14-15H2,(H2,26,29). The van der Waals surface area contributed by atoms with Crippen LogP contribution in [0.5, 0.6) is 11.6 Å². The molecule has 5 saturated heterocycles. The van der Waals surface area contributed by atoms with Gasteiger partial charge in [0.25, 0.3) is 0 Å². The number of phenolic OH excluding ortho intramolecular Hbond substituents is 1. The average Bonchev–Trinajstić information content (AvgIpc) is 4.35. The highest BCUT2D eigenvalue weighted by Gasteiger charge is 2.43. The van der Waals surface area contributed by atoms with Crippen molar-refractivity contribution in [3.63, 3.8) is 0 Å². The van der Waals surface area contributed by atoms with Gasteiger partial charge in [0.05, 0.1) is 47.9 Å². The third kappa shape index (κ3) is 12.6. The zero-order valence-corrected chi connectivity index (χ0v) is 45.3. The van der Waals surface area contributed by atoms with Crippen LogP contribution in [-0.4, -0.2) is 148 Å². The molecule has 5 aliphatic heterocycles. The molecule has 414 valence electrons. The van der Waals surface area contributed by atoms with E-state index in [1.165, 1.54) is 12.1 Å². The first kappa shape index (κ1) is 54.3. The molecule has 8 heterocycles. The predicted octanol–water partition coefficient (Wildman–Crippen LogP) is 7.21. The van der Waals surface area contributed by atoms with Crippen molar-refractivity contribution in [1.82, 2.24) is 35.5 Å². The molecule has 3 aromatic heterocycles. The van der Waals surface area contributed by atoms with Gasteiger partial charge in [0.15, 0.2) is 17.4 Å². The number of phenols is 1. The van der Waals surface area contributed by atoms with E-state index in [1.54, 1.807) is 29.2 Å². The van der Waals surface area contributed by atoms with Crippen molar-refractivity contribution in [2.24, 2.45) is 5.92 Å². The van der Waals surface area contributed by atoms with Gasteiger partial charge < -0.3 is 59.8 Å². The summed E-state index contributed by atoms with van der Waals surface area (Å²) in [5, 5.41) is 44.9. The molecule has 2 aromatic carbocycles. The van der Waals surface area contributed by atoms with E-state index in [0.717, 1.165) is 127 Å². The molecule has 1 saturated carbocycles. The second-order valence-electron chi connectivity index (χ2n) is 22.3. The third-order valence-electron chi connectivity index (χ3n) is 16.7. The van der Waals surface area contributed by atoms with Crippen molar-refractivity contribution in [1.29, 1.82) is 5.26 Å². The fraction of sp³-hybridized carbons (Fsp3) is 0.542. The highest BCUT2D eigenvalue weighted by Crippen LogP contribution is 2.40. The van der Waals surface area contributed by atoms with Gasteiger partial charge in [0.1, 0.15) is 23.8 Å². The number of likely N-dealkylation sites (tertiary alicyclic amines) is 2. The molecule has 1 aliphatic carbocycles. The monoisotopic (exact) mass is 1060 g/mol. The number of aromatic nitrogens is 4. The number of hydrogen-bond acceptors (Lipinski definition) is 17. The molecule has 19 nitrogen and oxygen atoms in total. The number of nitrogen functional groups attached to an aromatic ring is 1. The summed E-state index contributed by atoms with van der Waals surface area (Å²) in [4.78, 5) is 42.9. The van der Waals surface area contributed by atoms with E-state index in [-0.39, 0.29) is 41.7 Å². The lowest BCUT2D eigenvalue weighted by atomic mass is 9.91. The van der Waals surface area contributed by atoms with Crippen LogP contribution in [0.4, 0.5) is 23.0 Å². The van der Waals surface area contributed by atoms with Crippen molar-refractivity contribution < 1.29 is 33.8 Å². The number of nitrogens with zero attached hydrogens (tertiary/aromatic N) is 10. The Morgan fingerprint density at radius 2 is 1.59 bits per heavy atom. The number of anilines is 4. The van der Waals surface area contributed by atoms with Crippen LogP contribution in [0.25, 0.3) is 11.3 Å². The molecule has 0 radical (unpaired) electrons. The summed E-state index contributed by atoms with van der Waals surface area (Å²) in [5.74, 6) is 1.76. The number of rotatable bonds is 16. The Bertz CT molecular complexity index is 2840. The summed E-state index contributed by atoms with van der Waals surface area (Å²) in [6.45, 7) is 13.2. The molecule has 5 unspecified atom stereocenters. The number of carbonyl (C=O) groups excluding carboxylic acids is 2. The van der Waals surface area contributed by atoms with Gasteiger partial charge in [-0.25, -0.2) is 4.98 Å². The molecule has 2 amide bonds. The number of amides is 2. The number of piperazine rings is 1. The lowest BCUT2D eigenvalue weighted by Crippen LogP contribution is -2.54. The van der Waals surface area contributed by atoms with E-state index in [4.69, 9.17) is 25.0 Å². The smallest absolute Gasteiger partial charge is 0.243 e. The summed E-state index contributed by atoms with van der Waals surface area (Å²) in [6.07, 6.45) is 12.9. The molecule has 11 rings (SSSR count). The normalized spacial score (nSPS) is 21.9. The van der Waals surface area contributed by atoms with Gasteiger partial charge in [0.2, 0.25) is 17.7 Å². The Morgan fingerprint density at radius 1 is 0.846 bits per heavy atom. The third-order valence-corrected chi connectivity index (χ3v) is 16.7. The number of nitrogens with one attached hydrogen (secondary N) is 1.